The first-order valence-corrected chi connectivity index (χ1v) is 15.8. The van der Waals surface area contributed by atoms with Crippen LogP contribution in [0.1, 0.15) is 54.4 Å². The highest BCUT2D eigenvalue weighted by atomic mass is 19.3. The summed E-state index contributed by atoms with van der Waals surface area (Å²) in [6.07, 6.45) is 2.20. The Bertz CT molecular complexity index is 1620. The first kappa shape index (κ1) is 35.0. The minimum atomic E-state index is -2.94. The summed E-state index contributed by atoms with van der Waals surface area (Å²) in [5.74, 6) is 1.45. The number of alkyl halides is 2. The molecule has 0 N–H and O–H groups in total. The maximum absolute atomic E-state index is 13.8. The van der Waals surface area contributed by atoms with E-state index in [0.29, 0.717) is 52.1 Å². The summed E-state index contributed by atoms with van der Waals surface area (Å²) in [6.45, 7) is 12.5. The van der Waals surface area contributed by atoms with Gasteiger partial charge in [0, 0.05) is 19.2 Å². The highest BCUT2D eigenvalue weighted by Crippen LogP contribution is 2.30. The minimum absolute atomic E-state index is 0.190. The van der Waals surface area contributed by atoms with E-state index < -0.39 is 6.05 Å². The molecule has 0 spiro atoms. The van der Waals surface area contributed by atoms with Gasteiger partial charge in [0.2, 0.25) is 0 Å². The standard InChI is InChI=1S/C37H43F2N7O/c1-7-46(37(6,38)39)34-20-16-32(17-21-34)44-42-30-12-8-28(9-13-30)40-41-29-10-14-31(15-11-29)43-45-33-18-22-35(23-19-33)47-25-24-27(2)26-36(3,4)5/h8-23,27H,7,24-26H2,1-6H3. The van der Waals surface area contributed by atoms with Crippen molar-refractivity contribution in [3.05, 3.63) is 97.1 Å². The molecule has 0 aliphatic rings. The van der Waals surface area contributed by atoms with Crippen LogP contribution in [-0.4, -0.2) is 19.2 Å². The topological polar surface area (TPSA) is 86.6 Å². The lowest BCUT2D eigenvalue weighted by molar-refractivity contribution is 0.0191. The van der Waals surface area contributed by atoms with Gasteiger partial charge in [0.05, 0.1) is 40.7 Å². The quantitative estimate of drug-likeness (QED) is 0.101. The lowest BCUT2D eigenvalue weighted by Crippen LogP contribution is -2.38. The zero-order valence-corrected chi connectivity index (χ0v) is 27.9. The second-order valence-corrected chi connectivity index (χ2v) is 12.7. The number of rotatable bonds is 14. The van der Waals surface area contributed by atoms with Crippen molar-refractivity contribution in [2.45, 2.75) is 60.4 Å². The fourth-order valence-corrected chi connectivity index (χ4v) is 5.04. The summed E-state index contributed by atoms with van der Waals surface area (Å²) >= 11 is 0. The van der Waals surface area contributed by atoms with Gasteiger partial charge in [-0.25, -0.2) is 0 Å². The summed E-state index contributed by atoms with van der Waals surface area (Å²) in [4.78, 5) is 1.02. The Balaban J connectivity index is 1.24. The van der Waals surface area contributed by atoms with Gasteiger partial charge in [0.1, 0.15) is 5.75 Å². The lowest BCUT2D eigenvalue weighted by Gasteiger charge is -2.29. The summed E-state index contributed by atoms with van der Waals surface area (Å²) < 4.78 is 33.4. The Morgan fingerprint density at radius 3 is 1.26 bits per heavy atom. The molecule has 0 fully saturated rings. The zero-order chi connectivity index (χ0) is 33.9. The Hall–Kier alpha value is -4.86. The maximum atomic E-state index is 13.8. The fourth-order valence-electron chi connectivity index (χ4n) is 5.04. The van der Waals surface area contributed by atoms with Crippen molar-refractivity contribution in [2.75, 3.05) is 18.1 Å². The molecular weight excluding hydrogens is 596 g/mol. The molecule has 246 valence electrons. The van der Waals surface area contributed by atoms with Crippen LogP contribution in [0.15, 0.2) is 128 Å². The number of hydrogen-bond donors (Lipinski definition) is 0. The van der Waals surface area contributed by atoms with Crippen LogP contribution in [0.2, 0.25) is 0 Å². The molecule has 4 aromatic carbocycles. The molecule has 4 aromatic rings. The zero-order valence-electron chi connectivity index (χ0n) is 27.9. The first-order chi connectivity index (χ1) is 22.4. The molecule has 0 saturated heterocycles. The summed E-state index contributed by atoms with van der Waals surface area (Å²) in [5.41, 5.74) is 4.72. The van der Waals surface area contributed by atoms with Gasteiger partial charge in [-0.15, -0.1) is 0 Å². The number of hydrogen-bond acceptors (Lipinski definition) is 8. The lowest BCUT2D eigenvalue weighted by atomic mass is 9.84. The summed E-state index contributed by atoms with van der Waals surface area (Å²) in [6, 6.07) is 25.7. The van der Waals surface area contributed by atoms with Crippen LogP contribution < -0.4 is 9.64 Å². The summed E-state index contributed by atoms with van der Waals surface area (Å²) in [7, 11) is 0. The number of nitrogens with zero attached hydrogens (tertiary/aromatic N) is 7. The fraction of sp³-hybridized carbons (Fsp3) is 0.351. The monoisotopic (exact) mass is 639 g/mol. The van der Waals surface area contributed by atoms with Gasteiger partial charge < -0.3 is 9.64 Å². The average molecular weight is 640 g/mol. The van der Waals surface area contributed by atoms with Gasteiger partial charge in [-0.3, -0.25) is 0 Å². The molecule has 0 heterocycles. The maximum Gasteiger partial charge on any atom is 0.322 e. The van der Waals surface area contributed by atoms with Crippen molar-refractivity contribution in [1.29, 1.82) is 0 Å². The SMILES string of the molecule is CCN(c1ccc(N=Nc2ccc(N=Nc3ccc(N=Nc4ccc(OCCC(C)CC(C)(C)C)cc4)cc3)cc2)cc1)C(C)(F)F. The molecule has 10 heteroatoms. The third-order valence-corrected chi connectivity index (χ3v) is 7.17. The molecule has 0 aromatic heterocycles. The largest absolute Gasteiger partial charge is 0.494 e. The van der Waals surface area contributed by atoms with Crippen LogP contribution in [0.25, 0.3) is 0 Å². The minimum Gasteiger partial charge on any atom is -0.494 e. The smallest absolute Gasteiger partial charge is 0.322 e. The van der Waals surface area contributed by atoms with Crippen LogP contribution >= 0.6 is 0 Å². The van der Waals surface area contributed by atoms with Crippen molar-refractivity contribution in [3.63, 3.8) is 0 Å². The molecular formula is C37H43F2N7O. The van der Waals surface area contributed by atoms with Crippen molar-refractivity contribution in [2.24, 2.45) is 42.0 Å². The van der Waals surface area contributed by atoms with Crippen LogP contribution in [0, 0.1) is 11.3 Å². The number of ether oxygens (including phenoxy) is 1. The van der Waals surface area contributed by atoms with E-state index in [1.165, 1.54) is 6.42 Å². The second kappa shape index (κ2) is 16.1. The van der Waals surface area contributed by atoms with E-state index in [2.05, 4.69) is 58.4 Å². The van der Waals surface area contributed by atoms with Gasteiger partial charge in [-0.2, -0.15) is 39.5 Å². The normalized spacial score (nSPS) is 13.1. The number of halogens is 2. The molecule has 0 aliphatic carbocycles. The Labute approximate surface area is 276 Å². The number of benzene rings is 4. The molecule has 4 rings (SSSR count). The van der Waals surface area contributed by atoms with E-state index in [-0.39, 0.29) is 6.54 Å². The van der Waals surface area contributed by atoms with Crippen molar-refractivity contribution in [1.82, 2.24) is 0 Å². The van der Waals surface area contributed by atoms with Crippen LogP contribution in [-0.2, 0) is 0 Å². The van der Waals surface area contributed by atoms with E-state index in [1.54, 1.807) is 55.5 Å². The van der Waals surface area contributed by atoms with E-state index in [4.69, 9.17) is 4.74 Å². The van der Waals surface area contributed by atoms with Crippen molar-refractivity contribution >= 4 is 39.8 Å². The van der Waals surface area contributed by atoms with Crippen LogP contribution in [0.3, 0.4) is 0 Å². The Kier molecular flexibility index (Phi) is 12.0. The van der Waals surface area contributed by atoms with Crippen LogP contribution in [0.5, 0.6) is 5.75 Å². The molecule has 0 bridgehead atoms. The van der Waals surface area contributed by atoms with Gasteiger partial charge in [-0.05, 0) is 128 Å². The predicted molar refractivity (Wildman–Crippen MR) is 185 cm³/mol. The van der Waals surface area contributed by atoms with E-state index in [0.717, 1.165) is 29.7 Å². The average Bonchev–Trinajstić information content (AvgIpc) is 3.03. The molecule has 47 heavy (non-hydrogen) atoms. The van der Waals surface area contributed by atoms with Crippen molar-refractivity contribution in [3.8, 4) is 5.75 Å². The Morgan fingerprint density at radius 1 is 0.596 bits per heavy atom. The third-order valence-electron chi connectivity index (χ3n) is 7.17. The van der Waals surface area contributed by atoms with Crippen molar-refractivity contribution < 1.29 is 13.5 Å². The Morgan fingerprint density at radius 2 is 0.936 bits per heavy atom. The number of anilines is 1. The van der Waals surface area contributed by atoms with Gasteiger partial charge >= 0.3 is 6.05 Å². The third kappa shape index (κ3) is 11.8. The molecule has 8 nitrogen and oxygen atoms in total. The molecule has 0 aliphatic heterocycles. The van der Waals surface area contributed by atoms with Gasteiger partial charge in [0.15, 0.2) is 0 Å². The summed E-state index contributed by atoms with van der Waals surface area (Å²) in [5, 5.41) is 25.7. The first-order valence-electron chi connectivity index (χ1n) is 15.8. The van der Waals surface area contributed by atoms with E-state index in [1.807, 2.05) is 48.5 Å². The predicted octanol–water partition coefficient (Wildman–Crippen LogP) is 13.2. The molecule has 1 unspecified atom stereocenters. The second-order valence-electron chi connectivity index (χ2n) is 12.7. The number of azo groups is 3. The highest BCUT2D eigenvalue weighted by molar-refractivity contribution is 5.54. The van der Waals surface area contributed by atoms with E-state index in [9.17, 15) is 8.78 Å². The molecule has 0 amide bonds. The van der Waals surface area contributed by atoms with Gasteiger partial charge in [0.25, 0.3) is 0 Å². The molecule has 1 atom stereocenters. The highest BCUT2D eigenvalue weighted by Gasteiger charge is 2.29. The molecule has 0 saturated carbocycles. The van der Waals surface area contributed by atoms with Gasteiger partial charge in [-0.1, -0.05) is 27.7 Å². The van der Waals surface area contributed by atoms with Crippen LogP contribution in [0.4, 0.5) is 48.6 Å². The molecule has 0 radical (unpaired) electrons. The van der Waals surface area contributed by atoms with E-state index >= 15 is 0 Å².